The SMILES string of the molecule is CC(CO)SC(C)C(=O)c1ccccc1. The first kappa shape index (κ1) is 12.3. The smallest absolute Gasteiger partial charge is 0.175 e. The number of aliphatic hydroxyl groups excluding tert-OH is 1. The molecule has 0 radical (unpaired) electrons. The topological polar surface area (TPSA) is 37.3 Å². The van der Waals surface area contributed by atoms with Crippen LogP contribution in [0.25, 0.3) is 0 Å². The summed E-state index contributed by atoms with van der Waals surface area (Å²) in [6.07, 6.45) is 0. The highest BCUT2D eigenvalue weighted by Crippen LogP contribution is 2.20. The van der Waals surface area contributed by atoms with Crippen LogP contribution >= 0.6 is 11.8 Å². The summed E-state index contributed by atoms with van der Waals surface area (Å²) in [6, 6.07) is 9.26. The monoisotopic (exact) mass is 224 g/mol. The number of hydrogen-bond donors (Lipinski definition) is 1. The Kier molecular flexibility index (Phi) is 4.85. The molecule has 82 valence electrons. The Morgan fingerprint density at radius 2 is 1.93 bits per heavy atom. The van der Waals surface area contributed by atoms with Crippen molar-refractivity contribution in [2.24, 2.45) is 0 Å². The lowest BCUT2D eigenvalue weighted by molar-refractivity contribution is 0.0993. The molecule has 15 heavy (non-hydrogen) atoms. The van der Waals surface area contributed by atoms with E-state index in [1.54, 1.807) is 0 Å². The van der Waals surface area contributed by atoms with Gasteiger partial charge in [0.25, 0.3) is 0 Å². The molecule has 0 amide bonds. The summed E-state index contributed by atoms with van der Waals surface area (Å²) in [5, 5.41) is 8.91. The Balaban J connectivity index is 2.61. The van der Waals surface area contributed by atoms with Crippen LogP contribution in [0.1, 0.15) is 24.2 Å². The molecule has 0 saturated carbocycles. The molecule has 1 aromatic rings. The third-order valence-electron chi connectivity index (χ3n) is 2.12. The van der Waals surface area contributed by atoms with E-state index >= 15 is 0 Å². The summed E-state index contributed by atoms with van der Waals surface area (Å²) in [7, 11) is 0. The third-order valence-corrected chi connectivity index (χ3v) is 3.36. The molecule has 2 unspecified atom stereocenters. The zero-order valence-electron chi connectivity index (χ0n) is 9.01. The van der Waals surface area contributed by atoms with Crippen LogP contribution in [0.2, 0.25) is 0 Å². The van der Waals surface area contributed by atoms with E-state index in [0.717, 1.165) is 5.56 Å². The second-order valence-electron chi connectivity index (χ2n) is 3.50. The van der Waals surface area contributed by atoms with Crippen molar-refractivity contribution < 1.29 is 9.90 Å². The van der Waals surface area contributed by atoms with Crippen LogP contribution in [0.5, 0.6) is 0 Å². The zero-order chi connectivity index (χ0) is 11.3. The van der Waals surface area contributed by atoms with Crippen molar-refractivity contribution in [1.82, 2.24) is 0 Å². The standard InChI is InChI=1S/C12H16O2S/c1-9(8-13)15-10(2)12(14)11-6-4-3-5-7-11/h3-7,9-10,13H,8H2,1-2H3. The van der Waals surface area contributed by atoms with Gasteiger partial charge in [0.05, 0.1) is 11.9 Å². The van der Waals surface area contributed by atoms with Crippen LogP contribution in [-0.4, -0.2) is 28.0 Å². The fraction of sp³-hybridized carbons (Fsp3) is 0.417. The highest BCUT2D eigenvalue weighted by molar-refractivity contribution is 8.01. The normalized spacial score (nSPS) is 14.6. The molecule has 0 heterocycles. The second kappa shape index (κ2) is 5.93. The van der Waals surface area contributed by atoms with Crippen LogP contribution in [0.3, 0.4) is 0 Å². The Hall–Kier alpha value is -0.800. The van der Waals surface area contributed by atoms with Crippen molar-refractivity contribution >= 4 is 17.5 Å². The Labute approximate surface area is 94.7 Å². The minimum atomic E-state index is -0.102. The lowest BCUT2D eigenvalue weighted by atomic mass is 10.1. The maximum atomic E-state index is 11.9. The van der Waals surface area contributed by atoms with E-state index in [4.69, 9.17) is 5.11 Å². The predicted octanol–water partition coefficient (Wildman–Crippen LogP) is 2.37. The molecule has 1 N–H and O–H groups in total. The van der Waals surface area contributed by atoms with Crippen LogP contribution in [0.15, 0.2) is 30.3 Å². The van der Waals surface area contributed by atoms with Crippen molar-refractivity contribution in [2.45, 2.75) is 24.3 Å². The number of carbonyl (C=O) groups is 1. The average molecular weight is 224 g/mol. The van der Waals surface area contributed by atoms with E-state index in [0.29, 0.717) is 0 Å². The van der Waals surface area contributed by atoms with Gasteiger partial charge in [-0.05, 0) is 6.92 Å². The highest BCUT2D eigenvalue weighted by Gasteiger charge is 2.17. The number of carbonyl (C=O) groups excluding carboxylic acids is 1. The summed E-state index contributed by atoms with van der Waals surface area (Å²) in [4.78, 5) is 11.9. The third kappa shape index (κ3) is 3.68. The maximum Gasteiger partial charge on any atom is 0.175 e. The van der Waals surface area contributed by atoms with E-state index < -0.39 is 0 Å². The van der Waals surface area contributed by atoms with Gasteiger partial charge in [-0.15, -0.1) is 11.8 Å². The van der Waals surface area contributed by atoms with Crippen molar-refractivity contribution in [3.63, 3.8) is 0 Å². The first-order valence-electron chi connectivity index (χ1n) is 5.00. The molecular formula is C12H16O2S. The van der Waals surface area contributed by atoms with Crippen molar-refractivity contribution in [3.8, 4) is 0 Å². The van der Waals surface area contributed by atoms with E-state index in [9.17, 15) is 4.79 Å². The van der Waals surface area contributed by atoms with Crippen LogP contribution in [0, 0.1) is 0 Å². The van der Waals surface area contributed by atoms with Crippen molar-refractivity contribution in [2.75, 3.05) is 6.61 Å². The number of benzene rings is 1. The lowest BCUT2D eigenvalue weighted by Crippen LogP contribution is -2.18. The molecule has 0 aromatic heterocycles. The Bertz CT molecular complexity index is 311. The van der Waals surface area contributed by atoms with Gasteiger partial charge in [-0.25, -0.2) is 0 Å². The Morgan fingerprint density at radius 1 is 1.33 bits per heavy atom. The number of ketones is 1. The van der Waals surface area contributed by atoms with Gasteiger partial charge in [-0.1, -0.05) is 37.3 Å². The van der Waals surface area contributed by atoms with Crippen LogP contribution in [-0.2, 0) is 0 Å². The minimum absolute atomic E-state index is 0.102. The van der Waals surface area contributed by atoms with E-state index in [2.05, 4.69) is 0 Å². The minimum Gasteiger partial charge on any atom is -0.395 e. The fourth-order valence-corrected chi connectivity index (χ4v) is 2.33. The summed E-state index contributed by atoms with van der Waals surface area (Å²) in [5.74, 6) is 0.126. The van der Waals surface area contributed by atoms with Gasteiger partial charge in [0.15, 0.2) is 5.78 Å². The van der Waals surface area contributed by atoms with Crippen LogP contribution < -0.4 is 0 Å². The van der Waals surface area contributed by atoms with E-state index in [1.165, 1.54) is 11.8 Å². The van der Waals surface area contributed by atoms with Crippen molar-refractivity contribution in [3.05, 3.63) is 35.9 Å². The lowest BCUT2D eigenvalue weighted by Gasteiger charge is -2.14. The fourth-order valence-electron chi connectivity index (χ4n) is 1.29. The molecule has 0 fully saturated rings. The molecular weight excluding hydrogens is 208 g/mol. The summed E-state index contributed by atoms with van der Waals surface area (Å²) in [5.41, 5.74) is 0.739. The first-order valence-corrected chi connectivity index (χ1v) is 5.95. The molecule has 0 aliphatic rings. The quantitative estimate of drug-likeness (QED) is 0.780. The number of hydrogen-bond acceptors (Lipinski definition) is 3. The maximum absolute atomic E-state index is 11.9. The molecule has 3 heteroatoms. The van der Waals surface area contributed by atoms with Crippen molar-refractivity contribution in [1.29, 1.82) is 0 Å². The van der Waals surface area contributed by atoms with Gasteiger partial charge in [0.2, 0.25) is 0 Å². The number of Topliss-reactive ketones (excluding diaryl/α,β-unsaturated/α-hetero) is 1. The molecule has 0 aliphatic carbocycles. The largest absolute Gasteiger partial charge is 0.395 e. The van der Waals surface area contributed by atoms with Gasteiger partial charge < -0.3 is 5.11 Å². The van der Waals surface area contributed by atoms with Gasteiger partial charge in [-0.3, -0.25) is 4.79 Å². The molecule has 1 rings (SSSR count). The summed E-state index contributed by atoms with van der Waals surface area (Å²) in [6.45, 7) is 3.91. The first-order chi connectivity index (χ1) is 7.15. The number of rotatable bonds is 5. The molecule has 2 nitrogen and oxygen atoms in total. The average Bonchev–Trinajstić information content (AvgIpc) is 2.29. The predicted molar refractivity (Wildman–Crippen MR) is 64.4 cm³/mol. The molecule has 0 aliphatic heterocycles. The molecule has 1 aromatic carbocycles. The zero-order valence-corrected chi connectivity index (χ0v) is 9.83. The number of aliphatic hydroxyl groups is 1. The van der Waals surface area contributed by atoms with Gasteiger partial charge in [0, 0.05) is 10.8 Å². The van der Waals surface area contributed by atoms with Gasteiger partial charge >= 0.3 is 0 Å². The summed E-state index contributed by atoms with van der Waals surface area (Å²) >= 11 is 1.50. The van der Waals surface area contributed by atoms with Crippen LogP contribution in [0.4, 0.5) is 0 Å². The number of thioether (sulfide) groups is 1. The molecule has 0 saturated heterocycles. The second-order valence-corrected chi connectivity index (χ2v) is 5.29. The molecule has 2 atom stereocenters. The van der Waals surface area contributed by atoms with E-state index in [-0.39, 0.29) is 22.9 Å². The highest BCUT2D eigenvalue weighted by atomic mass is 32.2. The summed E-state index contributed by atoms with van der Waals surface area (Å²) < 4.78 is 0. The molecule has 0 bridgehead atoms. The van der Waals surface area contributed by atoms with E-state index in [1.807, 2.05) is 44.2 Å². The Morgan fingerprint density at radius 3 is 2.47 bits per heavy atom. The van der Waals surface area contributed by atoms with Gasteiger partial charge in [-0.2, -0.15) is 0 Å². The molecule has 0 spiro atoms. The van der Waals surface area contributed by atoms with Gasteiger partial charge in [0.1, 0.15) is 0 Å².